The Hall–Kier alpha value is -2.24. The molecule has 1 N–H and O–H groups in total. The van der Waals surface area contributed by atoms with Crippen molar-refractivity contribution in [3.8, 4) is 11.6 Å². The molecule has 0 atom stereocenters. The first kappa shape index (κ1) is 12.2. The molecule has 0 aliphatic rings. The molecular formula is C12H10F2N2O2. The van der Waals surface area contributed by atoms with Gasteiger partial charge in [0.05, 0.1) is 6.07 Å². The molecule has 0 aliphatic carbocycles. The summed E-state index contributed by atoms with van der Waals surface area (Å²) in [5.74, 6) is -1.40. The Labute approximate surface area is 101 Å². The lowest BCUT2D eigenvalue weighted by Crippen LogP contribution is -2.10. The number of aromatic amines is 1. The molecule has 0 unspecified atom stereocenters. The number of halogens is 2. The molecule has 0 amide bonds. The van der Waals surface area contributed by atoms with Gasteiger partial charge in [-0.1, -0.05) is 6.92 Å². The molecule has 1 aromatic carbocycles. The van der Waals surface area contributed by atoms with E-state index in [4.69, 9.17) is 4.74 Å². The van der Waals surface area contributed by atoms with Crippen molar-refractivity contribution in [1.29, 1.82) is 0 Å². The molecule has 2 aromatic rings. The van der Waals surface area contributed by atoms with Crippen LogP contribution in [0.15, 0.2) is 29.1 Å². The zero-order valence-corrected chi connectivity index (χ0v) is 9.54. The van der Waals surface area contributed by atoms with Crippen LogP contribution in [0.4, 0.5) is 8.78 Å². The minimum atomic E-state index is -1.02. The fourth-order valence-electron chi connectivity index (χ4n) is 1.36. The van der Waals surface area contributed by atoms with Crippen molar-refractivity contribution in [1.82, 2.24) is 9.97 Å². The standard InChI is InChI=1S/C12H10F2N2O2/c1-2-10-15-11(17)6-12(16-10)18-7-3-4-8(13)9(14)5-7/h3-6H,2H2,1H3,(H,15,16,17). The molecular weight excluding hydrogens is 242 g/mol. The van der Waals surface area contributed by atoms with E-state index in [1.54, 1.807) is 0 Å². The fraction of sp³-hybridized carbons (Fsp3) is 0.167. The van der Waals surface area contributed by atoms with Crippen LogP contribution in [-0.4, -0.2) is 9.97 Å². The van der Waals surface area contributed by atoms with Crippen LogP contribution in [0.3, 0.4) is 0 Å². The van der Waals surface area contributed by atoms with Gasteiger partial charge in [0, 0.05) is 12.5 Å². The van der Waals surface area contributed by atoms with Crippen LogP contribution in [0.5, 0.6) is 11.6 Å². The van der Waals surface area contributed by atoms with Crippen molar-refractivity contribution < 1.29 is 13.5 Å². The summed E-state index contributed by atoms with van der Waals surface area (Å²) >= 11 is 0. The first-order valence-corrected chi connectivity index (χ1v) is 5.31. The van der Waals surface area contributed by atoms with Crippen LogP contribution in [0.2, 0.25) is 0 Å². The highest BCUT2D eigenvalue weighted by Crippen LogP contribution is 2.20. The van der Waals surface area contributed by atoms with Crippen molar-refractivity contribution in [2.75, 3.05) is 0 Å². The first-order valence-electron chi connectivity index (χ1n) is 5.31. The maximum Gasteiger partial charge on any atom is 0.254 e. The van der Waals surface area contributed by atoms with Gasteiger partial charge < -0.3 is 9.72 Å². The molecule has 1 heterocycles. The van der Waals surface area contributed by atoms with Crippen molar-refractivity contribution in [2.45, 2.75) is 13.3 Å². The molecule has 0 aliphatic heterocycles. The highest BCUT2D eigenvalue weighted by molar-refractivity contribution is 5.27. The topological polar surface area (TPSA) is 55.0 Å². The second-order valence-electron chi connectivity index (χ2n) is 3.56. The quantitative estimate of drug-likeness (QED) is 0.912. The third-order valence-corrected chi connectivity index (χ3v) is 2.22. The van der Waals surface area contributed by atoms with Gasteiger partial charge in [-0.15, -0.1) is 0 Å². The average molecular weight is 252 g/mol. The third kappa shape index (κ3) is 2.71. The number of ether oxygens (including phenoxy) is 1. The second kappa shape index (κ2) is 4.95. The number of nitrogens with one attached hydrogen (secondary N) is 1. The van der Waals surface area contributed by atoms with Crippen LogP contribution >= 0.6 is 0 Å². The number of benzene rings is 1. The van der Waals surface area contributed by atoms with E-state index in [0.29, 0.717) is 12.2 Å². The van der Waals surface area contributed by atoms with Crippen LogP contribution in [-0.2, 0) is 6.42 Å². The number of aryl methyl sites for hydroxylation is 1. The lowest BCUT2D eigenvalue weighted by atomic mass is 10.3. The van der Waals surface area contributed by atoms with Gasteiger partial charge in [0.2, 0.25) is 5.88 Å². The van der Waals surface area contributed by atoms with Gasteiger partial charge in [-0.2, -0.15) is 4.98 Å². The second-order valence-corrected chi connectivity index (χ2v) is 3.56. The van der Waals surface area contributed by atoms with E-state index in [9.17, 15) is 13.6 Å². The van der Waals surface area contributed by atoms with E-state index in [0.717, 1.165) is 18.2 Å². The van der Waals surface area contributed by atoms with Gasteiger partial charge in [-0.25, -0.2) is 8.78 Å². The molecule has 0 saturated carbocycles. The lowest BCUT2D eigenvalue weighted by Gasteiger charge is -2.05. The smallest absolute Gasteiger partial charge is 0.254 e. The Morgan fingerprint density at radius 1 is 1.28 bits per heavy atom. The summed E-state index contributed by atoms with van der Waals surface area (Å²) in [5.41, 5.74) is -0.362. The van der Waals surface area contributed by atoms with Crippen molar-refractivity contribution >= 4 is 0 Å². The Kier molecular flexibility index (Phi) is 3.36. The highest BCUT2D eigenvalue weighted by atomic mass is 19.2. The van der Waals surface area contributed by atoms with Gasteiger partial charge in [-0.3, -0.25) is 4.79 Å². The van der Waals surface area contributed by atoms with Crippen molar-refractivity contribution in [2.24, 2.45) is 0 Å². The number of aromatic nitrogens is 2. The summed E-state index contributed by atoms with van der Waals surface area (Å²) in [6.45, 7) is 1.82. The normalized spacial score (nSPS) is 10.4. The number of hydrogen-bond acceptors (Lipinski definition) is 3. The zero-order chi connectivity index (χ0) is 13.1. The molecule has 94 valence electrons. The maximum absolute atomic E-state index is 13.0. The van der Waals surface area contributed by atoms with Crippen LogP contribution < -0.4 is 10.3 Å². The highest BCUT2D eigenvalue weighted by Gasteiger charge is 2.06. The van der Waals surface area contributed by atoms with Gasteiger partial charge >= 0.3 is 0 Å². The molecule has 0 spiro atoms. The number of nitrogens with zero attached hydrogens (tertiary/aromatic N) is 1. The van der Waals surface area contributed by atoms with E-state index >= 15 is 0 Å². The Morgan fingerprint density at radius 3 is 2.72 bits per heavy atom. The van der Waals surface area contributed by atoms with Gasteiger partial charge in [0.15, 0.2) is 11.6 Å². The predicted molar refractivity (Wildman–Crippen MR) is 60.7 cm³/mol. The van der Waals surface area contributed by atoms with E-state index in [1.165, 1.54) is 6.07 Å². The molecule has 0 fully saturated rings. The average Bonchev–Trinajstić information content (AvgIpc) is 2.33. The predicted octanol–water partition coefficient (Wildman–Crippen LogP) is 2.40. The van der Waals surface area contributed by atoms with E-state index in [2.05, 4.69) is 9.97 Å². The molecule has 6 heteroatoms. The van der Waals surface area contributed by atoms with E-state index < -0.39 is 11.6 Å². The molecule has 4 nitrogen and oxygen atoms in total. The molecule has 18 heavy (non-hydrogen) atoms. The minimum absolute atomic E-state index is 0.0432. The van der Waals surface area contributed by atoms with E-state index in [1.807, 2.05) is 6.92 Å². The number of H-pyrrole nitrogens is 1. The maximum atomic E-state index is 13.0. The summed E-state index contributed by atoms with van der Waals surface area (Å²) in [6.07, 6.45) is 0.532. The molecule has 1 aromatic heterocycles. The van der Waals surface area contributed by atoms with Crippen LogP contribution in [0.25, 0.3) is 0 Å². The largest absolute Gasteiger partial charge is 0.439 e. The summed E-state index contributed by atoms with van der Waals surface area (Å²) < 4.78 is 30.9. The van der Waals surface area contributed by atoms with Crippen LogP contribution in [0.1, 0.15) is 12.7 Å². The van der Waals surface area contributed by atoms with Crippen molar-refractivity contribution in [3.05, 3.63) is 52.1 Å². The van der Waals surface area contributed by atoms with E-state index in [-0.39, 0.29) is 17.2 Å². The first-order chi connectivity index (χ1) is 8.58. The summed E-state index contributed by atoms with van der Waals surface area (Å²) in [7, 11) is 0. The monoisotopic (exact) mass is 252 g/mol. The minimum Gasteiger partial charge on any atom is -0.439 e. The summed E-state index contributed by atoms with van der Waals surface area (Å²) in [5, 5.41) is 0. The number of hydrogen-bond donors (Lipinski definition) is 1. The molecule has 0 saturated heterocycles. The SMILES string of the molecule is CCc1nc(Oc2ccc(F)c(F)c2)cc(=O)[nH]1. The van der Waals surface area contributed by atoms with Gasteiger partial charge in [0.25, 0.3) is 5.56 Å². The Balaban J connectivity index is 2.30. The Morgan fingerprint density at radius 2 is 2.06 bits per heavy atom. The summed E-state index contributed by atoms with van der Waals surface area (Å²) in [6, 6.07) is 4.23. The molecule has 0 bridgehead atoms. The zero-order valence-electron chi connectivity index (χ0n) is 9.54. The molecule has 0 radical (unpaired) electrons. The van der Waals surface area contributed by atoms with Gasteiger partial charge in [0.1, 0.15) is 11.6 Å². The summed E-state index contributed by atoms with van der Waals surface area (Å²) in [4.78, 5) is 17.8. The molecule has 2 rings (SSSR count). The van der Waals surface area contributed by atoms with Crippen molar-refractivity contribution in [3.63, 3.8) is 0 Å². The van der Waals surface area contributed by atoms with Gasteiger partial charge in [-0.05, 0) is 12.1 Å². The Bertz CT molecular complexity index is 626. The fourth-order valence-corrected chi connectivity index (χ4v) is 1.36. The number of rotatable bonds is 3. The lowest BCUT2D eigenvalue weighted by molar-refractivity contribution is 0.444. The van der Waals surface area contributed by atoms with Crippen LogP contribution in [0, 0.1) is 11.6 Å². The third-order valence-electron chi connectivity index (χ3n) is 2.22.